The summed E-state index contributed by atoms with van der Waals surface area (Å²) in [4.78, 5) is 23.3. The van der Waals surface area contributed by atoms with Crippen molar-refractivity contribution < 1.29 is 14.3 Å². The van der Waals surface area contributed by atoms with E-state index >= 15 is 0 Å². The van der Waals surface area contributed by atoms with Gasteiger partial charge in [-0.1, -0.05) is 32.9 Å². The van der Waals surface area contributed by atoms with Crippen LogP contribution in [0.25, 0.3) is 0 Å². The second kappa shape index (κ2) is 7.38. The second-order valence-electron chi connectivity index (χ2n) is 6.97. The maximum Gasteiger partial charge on any atom is 0.262 e. The fourth-order valence-corrected chi connectivity index (χ4v) is 2.29. The molecule has 5 nitrogen and oxygen atoms in total. The highest BCUT2D eigenvalue weighted by Crippen LogP contribution is 2.24. The maximum atomic E-state index is 12.0. The molecule has 0 heterocycles. The molecular formula is C20H24N2O3. The van der Waals surface area contributed by atoms with Gasteiger partial charge in [-0.2, -0.15) is 0 Å². The highest BCUT2D eigenvalue weighted by molar-refractivity contribution is 5.95. The van der Waals surface area contributed by atoms with Gasteiger partial charge in [0.05, 0.1) is 5.69 Å². The van der Waals surface area contributed by atoms with Crippen LogP contribution in [-0.4, -0.2) is 18.3 Å². The Morgan fingerprint density at radius 3 is 2.24 bits per heavy atom. The van der Waals surface area contributed by atoms with Gasteiger partial charge in [0.15, 0.2) is 12.4 Å². The first kappa shape index (κ1) is 18.5. The molecule has 0 radical (unpaired) electrons. The number of hydrogen-bond donors (Lipinski definition) is 2. The minimum absolute atomic E-state index is 0.0647. The van der Waals surface area contributed by atoms with E-state index in [0.717, 1.165) is 0 Å². The molecule has 0 spiro atoms. The van der Waals surface area contributed by atoms with Gasteiger partial charge in [-0.25, -0.2) is 0 Å². The zero-order chi connectivity index (χ0) is 18.6. The van der Waals surface area contributed by atoms with Crippen LogP contribution in [-0.2, 0) is 10.2 Å². The predicted octanol–water partition coefficient (Wildman–Crippen LogP) is 3.79. The lowest BCUT2D eigenvalue weighted by molar-refractivity contribution is -0.118. The van der Waals surface area contributed by atoms with E-state index in [1.807, 2.05) is 24.3 Å². The lowest BCUT2D eigenvalue weighted by Crippen LogP contribution is -2.20. The van der Waals surface area contributed by atoms with Gasteiger partial charge in [0.1, 0.15) is 5.75 Å². The number of ether oxygens (including phenoxy) is 1. The number of carbonyl (C=O) groups is 2. The number of hydrogen-bond acceptors (Lipinski definition) is 4. The van der Waals surface area contributed by atoms with Crippen LogP contribution in [0.2, 0.25) is 0 Å². The van der Waals surface area contributed by atoms with Gasteiger partial charge in [-0.15, -0.1) is 0 Å². The summed E-state index contributed by atoms with van der Waals surface area (Å²) in [5.74, 6) is 0.0245. The van der Waals surface area contributed by atoms with Gasteiger partial charge in [0.25, 0.3) is 5.91 Å². The van der Waals surface area contributed by atoms with E-state index in [2.05, 4.69) is 26.1 Å². The zero-order valence-corrected chi connectivity index (χ0v) is 15.1. The van der Waals surface area contributed by atoms with Gasteiger partial charge in [-0.05, 0) is 48.2 Å². The van der Waals surface area contributed by atoms with E-state index in [0.29, 0.717) is 22.7 Å². The van der Waals surface area contributed by atoms with Crippen LogP contribution >= 0.6 is 0 Å². The van der Waals surface area contributed by atoms with Gasteiger partial charge in [0, 0.05) is 11.3 Å². The summed E-state index contributed by atoms with van der Waals surface area (Å²) in [6.07, 6.45) is 0. The smallest absolute Gasteiger partial charge is 0.262 e. The Morgan fingerprint density at radius 1 is 1.08 bits per heavy atom. The van der Waals surface area contributed by atoms with Crippen molar-refractivity contribution in [1.29, 1.82) is 0 Å². The average molecular weight is 340 g/mol. The van der Waals surface area contributed by atoms with Gasteiger partial charge >= 0.3 is 0 Å². The number of nitrogens with two attached hydrogens (primary N) is 1. The number of carbonyl (C=O) groups excluding carboxylic acids is 2. The van der Waals surface area contributed by atoms with Crippen molar-refractivity contribution in [3.63, 3.8) is 0 Å². The molecule has 25 heavy (non-hydrogen) atoms. The third-order valence-electron chi connectivity index (χ3n) is 3.81. The largest absolute Gasteiger partial charge is 0.482 e. The van der Waals surface area contributed by atoms with E-state index in [1.54, 1.807) is 18.2 Å². The molecule has 5 heteroatoms. The normalized spacial score (nSPS) is 11.0. The molecule has 0 unspecified atom stereocenters. The molecule has 2 aromatic rings. The van der Waals surface area contributed by atoms with Crippen LogP contribution in [0.4, 0.5) is 11.4 Å². The van der Waals surface area contributed by atoms with Crippen LogP contribution in [0.5, 0.6) is 5.75 Å². The summed E-state index contributed by atoms with van der Waals surface area (Å²) < 4.78 is 5.44. The van der Waals surface area contributed by atoms with Crippen molar-refractivity contribution in [3.8, 4) is 5.75 Å². The average Bonchev–Trinajstić information content (AvgIpc) is 2.53. The van der Waals surface area contributed by atoms with Crippen LogP contribution < -0.4 is 15.8 Å². The molecule has 0 aliphatic carbocycles. The Bertz CT molecular complexity index is 775. The van der Waals surface area contributed by atoms with E-state index in [1.165, 1.54) is 12.5 Å². The van der Waals surface area contributed by atoms with Gasteiger partial charge < -0.3 is 15.8 Å². The Labute approximate surface area is 148 Å². The number of ketones is 1. The molecule has 0 fully saturated rings. The lowest BCUT2D eigenvalue weighted by atomic mass is 9.87. The van der Waals surface area contributed by atoms with E-state index in [4.69, 9.17) is 10.5 Å². The van der Waals surface area contributed by atoms with E-state index in [-0.39, 0.29) is 23.7 Å². The Kier molecular flexibility index (Phi) is 5.47. The monoisotopic (exact) mass is 340 g/mol. The third kappa shape index (κ3) is 5.08. The van der Waals surface area contributed by atoms with Crippen molar-refractivity contribution >= 4 is 23.1 Å². The molecule has 0 aliphatic heterocycles. The maximum absolute atomic E-state index is 12.0. The first-order valence-corrected chi connectivity index (χ1v) is 8.10. The lowest BCUT2D eigenvalue weighted by Gasteiger charge is -2.19. The van der Waals surface area contributed by atoms with Gasteiger partial charge in [-0.3, -0.25) is 9.59 Å². The topological polar surface area (TPSA) is 81.4 Å². The molecule has 0 atom stereocenters. The van der Waals surface area contributed by atoms with Crippen molar-refractivity contribution in [2.45, 2.75) is 33.1 Å². The molecule has 0 bridgehead atoms. The molecule has 0 aromatic heterocycles. The molecule has 0 saturated carbocycles. The van der Waals surface area contributed by atoms with E-state index in [9.17, 15) is 9.59 Å². The predicted molar refractivity (Wildman–Crippen MR) is 100 cm³/mol. The number of amides is 1. The fraction of sp³-hybridized carbons (Fsp3) is 0.300. The Balaban J connectivity index is 1.94. The Hall–Kier alpha value is -2.82. The number of Topliss-reactive ketones (excluding diaryl/α,β-unsaturated/α-hetero) is 1. The molecule has 132 valence electrons. The molecule has 0 aliphatic rings. The standard InChI is InChI=1S/C20H24N2O3/c1-13(23)14-5-10-18(17(21)11-14)25-12-19(24)22-16-8-6-15(7-9-16)20(2,3)4/h5-11H,12,21H2,1-4H3,(H,22,24). The van der Waals surface area contributed by atoms with Crippen molar-refractivity contribution in [2.24, 2.45) is 0 Å². The fourth-order valence-electron chi connectivity index (χ4n) is 2.29. The van der Waals surface area contributed by atoms with Crippen molar-refractivity contribution in [2.75, 3.05) is 17.7 Å². The van der Waals surface area contributed by atoms with Crippen LogP contribution in [0.15, 0.2) is 42.5 Å². The molecular weight excluding hydrogens is 316 g/mol. The minimum atomic E-state index is -0.279. The Morgan fingerprint density at radius 2 is 1.72 bits per heavy atom. The SMILES string of the molecule is CC(=O)c1ccc(OCC(=O)Nc2ccc(C(C)(C)C)cc2)c(N)c1. The first-order chi connectivity index (χ1) is 11.7. The molecule has 2 rings (SSSR count). The first-order valence-electron chi connectivity index (χ1n) is 8.10. The van der Waals surface area contributed by atoms with Crippen molar-refractivity contribution in [3.05, 3.63) is 53.6 Å². The highest BCUT2D eigenvalue weighted by atomic mass is 16.5. The quantitative estimate of drug-likeness (QED) is 0.641. The summed E-state index contributed by atoms with van der Waals surface area (Å²) in [5.41, 5.74) is 8.65. The third-order valence-corrected chi connectivity index (χ3v) is 3.81. The summed E-state index contributed by atoms with van der Waals surface area (Å²) in [5, 5.41) is 2.78. The van der Waals surface area contributed by atoms with E-state index < -0.39 is 0 Å². The number of benzene rings is 2. The molecule has 1 amide bonds. The number of nitrogens with one attached hydrogen (secondary N) is 1. The van der Waals surface area contributed by atoms with Crippen molar-refractivity contribution in [1.82, 2.24) is 0 Å². The van der Waals surface area contributed by atoms with Gasteiger partial charge in [0.2, 0.25) is 0 Å². The minimum Gasteiger partial charge on any atom is -0.482 e. The zero-order valence-electron chi connectivity index (χ0n) is 15.1. The summed E-state index contributed by atoms with van der Waals surface area (Å²) in [6.45, 7) is 7.71. The molecule has 0 saturated heterocycles. The summed E-state index contributed by atoms with van der Waals surface area (Å²) in [7, 11) is 0. The molecule has 2 aromatic carbocycles. The summed E-state index contributed by atoms with van der Waals surface area (Å²) in [6, 6.07) is 12.5. The summed E-state index contributed by atoms with van der Waals surface area (Å²) >= 11 is 0. The number of nitrogen functional groups attached to an aromatic ring is 1. The molecule has 3 N–H and O–H groups in total. The number of rotatable bonds is 5. The number of anilines is 2. The highest BCUT2D eigenvalue weighted by Gasteiger charge is 2.13. The van der Waals surface area contributed by atoms with Crippen LogP contribution in [0, 0.1) is 0 Å². The second-order valence-corrected chi connectivity index (χ2v) is 6.97. The van der Waals surface area contributed by atoms with Crippen LogP contribution in [0.1, 0.15) is 43.6 Å². The van der Waals surface area contributed by atoms with Crippen LogP contribution in [0.3, 0.4) is 0 Å².